The van der Waals surface area contributed by atoms with Crippen LogP contribution in [0.2, 0.25) is 0 Å². The summed E-state index contributed by atoms with van der Waals surface area (Å²) >= 11 is 0. The molecule has 14 heavy (non-hydrogen) atoms. The first-order valence-corrected chi connectivity index (χ1v) is 5.46. The van der Waals surface area contributed by atoms with E-state index in [1.165, 1.54) is 6.42 Å². The molecule has 4 nitrogen and oxygen atoms in total. The van der Waals surface area contributed by atoms with Gasteiger partial charge in [0.1, 0.15) is 0 Å². The van der Waals surface area contributed by atoms with Crippen molar-refractivity contribution in [2.24, 2.45) is 0 Å². The van der Waals surface area contributed by atoms with Gasteiger partial charge in [0.25, 0.3) is 0 Å². The second kappa shape index (κ2) is 4.75. The molecule has 0 aromatic rings. The van der Waals surface area contributed by atoms with Crippen LogP contribution in [0, 0.1) is 0 Å². The standard InChI is InChI=1S/C10H18N2O2/c13-10(12-8-2-1-3-8)6-9-7-11-4-5-14-9/h8-9,11H,1-7H2,(H,12,13)/t9-/m0/s1. The van der Waals surface area contributed by atoms with Crippen LogP contribution in [-0.2, 0) is 9.53 Å². The normalized spacial score (nSPS) is 28.1. The SMILES string of the molecule is O=C(C[C@H]1CNCCO1)NC1CCC1. The smallest absolute Gasteiger partial charge is 0.222 e. The summed E-state index contributed by atoms with van der Waals surface area (Å²) in [6.45, 7) is 2.43. The second-order valence-corrected chi connectivity index (χ2v) is 4.10. The Morgan fingerprint density at radius 1 is 1.50 bits per heavy atom. The Morgan fingerprint density at radius 2 is 2.36 bits per heavy atom. The summed E-state index contributed by atoms with van der Waals surface area (Å²) in [6, 6.07) is 0.444. The highest BCUT2D eigenvalue weighted by molar-refractivity contribution is 5.76. The molecule has 4 heteroatoms. The Hall–Kier alpha value is -0.610. The van der Waals surface area contributed by atoms with Gasteiger partial charge < -0.3 is 15.4 Å². The summed E-state index contributed by atoms with van der Waals surface area (Å²) in [6.07, 6.45) is 4.13. The zero-order valence-electron chi connectivity index (χ0n) is 8.42. The van der Waals surface area contributed by atoms with Crippen molar-refractivity contribution in [2.75, 3.05) is 19.7 Å². The lowest BCUT2D eigenvalue weighted by molar-refractivity contribution is -0.125. The number of morpholine rings is 1. The molecule has 2 aliphatic rings. The van der Waals surface area contributed by atoms with Crippen LogP contribution in [0.25, 0.3) is 0 Å². The monoisotopic (exact) mass is 198 g/mol. The second-order valence-electron chi connectivity index (χ2n) is 4.10. The average molecular weight is 198 g/mol. The number of hydrogen-bond donors (Lipinski definition) is 2. The molecule has 0 unspecified atom stereocenters. The van der Waals surface area contributed by atoms with Gasteiger partial charge in [0.2, 0.25) is 5.91 Å². The number of hydrogen-bond acceptors (Lipinski definition) is 3. The largest absolute Gasteiger partial charge is 0.375 e. The predicted octanol–water partition coefficient (Wildman–Crippen LogP) is 0.0336. The van der Waals surface area contributed by atoms with E-state index in [-0.39, 0.29) is 12.0 Å². The minimum atomic E-state index is 0.0730. The van der Waals surface area contributed by atoms with Gasteiger partial charge in [-0.3, -0.25) is 4.79 Å². The molecule has 80 valence electrons. The third-order valence-corrected chi connectivity index (χ3v) is 2.89. The zero-order chi connectivity index (χ0) is 9.80. The molecule has 1 aliphatic carbocycles. The number of amides is 1. The number of carbonyl (C=O) groups is 1. The molecular formula is C10H18N2O2. The molecule has 1 saturated carbocycles. The fourth-order valence-corrected chi connectivity index (χ4v) is 1.80. The van der Waals surface area contributed by atoms with Crippen LogP contribution < -0.4 is 10.6 Å². The quantitative estimate of drug-likeness (QED) is 0.673. The van der Waals surface area contributed by atoms with Crippen molar-refractivity contribution in [3.63, 3.8) is 0 Å². The van der Waals surface area contributed by atoms with Crippen molar-refractivity contribution < 1.29 is 9.53 Å². The van der Waals surface area contributed by atoms with Crippen molar-refractivity contribution in [3.05, 3.63) is 0 Å². The van der Waals surface area contributed by atoms with Crippen molar-refractivity contribution in [2.45, 2.75) is 37.8 Å². The highest BCUT2D eigenvalue weighted by atomic mass is 16.5. The molecular weight excluding hydrogens is 180 g/mol. The van der Waals surface area contributed by atoms with Gasteiger partial charge in [-0.15, -0.1) is 0 Å². The van der Waals surface area contributed by atoms with E-state index < -0.39 is 0 Å². The molecule has 1 atom stereocenters. The minimum Gasteiger partial charge on any atom is -0.375 e. The maximum Gasteiger partial charge on any atom is 0.222 e. The Morgan fingerprint density at radius 3 is 2.93 bits per heavy atom. The van der Waals surface area contributed by atoms with Crippen LogP contribution in [0.5, 0.6) is 0 Å². The van der Waals surface area contributed by atoms with Crippen LogP contribution in [-0.4, -0.2) is 37.7 Å². The van der Waals surface area contributed by atoms with Gasteiger partial charge in [-0.05, 0) is 19.3 Å². The molecule has 0 aromatic carbocycles. The first-order chi connectivity index (χ1) is 6.84. The maximum atomic E-state index is 11.5. The lowest BCUT2D eigenvalue weighted by Gasteiger charge is -2.28. The first-order valence-electron chi connectivity index (χ1n) is 5.46. The van der Waals surface area contributed by atoms with Gasteiger partial charge >= 0.3 is 0 Å². The predicted molar refractivity (Wildman–Crippen MR) is 53.0 cm³/mol. The van der Waals surface area contributed by atoms with Crippen molar-refractivity contribution >= 4 is 5.91 Å². The van der Waals surface area contributed by atoms with Gasteiger partial charge in [0, 0.05) is 19.1 Å². The van der Waals surface area contributed by atoms with E-state index in [4.69, 9.17) is 4.74 Å². The first kappa shape index (κ1) is 9.93. The molecule has 1 aliphatic heterocycles. The fraction of sp³-hybridized carbons (Fsp3) is 0.900. The van der Waals surface area contributed by atoms with E-state index in [1.807, 2.05) is 0 Å². The minimum absolute atomic E-state index is 0.0730. The summed E-state index contributed by atoms with van der Waals surface area (Å²) in [5.41, 5.74) is 0. The summed E-state index contributed by atoms with van der Waals surface area (Å²) in [5, 5.41) is 6.23. The van der Waals surface area contributed by atoms with E-state index in [0.29, 0.717) is 12.5 Å². The molecule has 0 radical (unpaired) electrons. The number of nitrogens with one attached hydrogen (secondary N) is 2. The average Bonchev–Trinajstić information content (AvgIpc) is 2.13. The van der Waals surface area contributed by atoms with Crippen LogP contribution in [0.3, 0.4) is 0 Å². The summed E-state index contributed by atoms with van der Waals surface area (Å²) in [5.74, 6) is 0.142. The lowest BCUT2D eigenvalue weighted by atomic mass is 9.93. The highest BCUT2D eigenvalue weighted by Gasteiger charge is 2.22. The van der Waals surface area contributed by atoms with E-state index in [2.05, 4.69) is 10.6 Å². The van der Waals surface area contributed by atoms with E-state index >= 15 is 0 Å². The summed E-state index contributed by atoms with van der Waals surface area (Å²) in [4.78, 5) is 11.5. The van der Waals surface area contributed by atoms with Gasteiger partial charge in [-0.25, -0.2) is 0 Å². The Bertz CT molecular complexity index is 198. The van der Waals surface area contributed by atoms with E-state index in [0.717, 1.165) is 32.5 Å². The van der Waals surface area contributed by atoms with Crippen molar-refractivity contribution in [1.82, 2.24) is 10.6 Å². The topological polar surface area (TPSA) is 50.4 Å². The molecule has 0 bridgehead atoms. The van der Waals surface area contributed by atoms with Crippen LogP contribution in [0.1, 0.15) is 25.7 Å². The molecule has 1 amide bonds. The Balaban J connectivity index is 1.64. The van der Waals surface area contributed by atoms with Crippen LogP contribution in [0.15, 0.2) is 0 Å². The van der Waals surface area contributed by atoms with Crippen LogP contribution in [0.4, 0.5) is 0 Å². The summed E-state index contributed by atoms with van der Waals surface area (Å²) in [7, 11) is 0. The molecule has 1 heterocycles. The molecule has 0 spiro atoms. The van der Waals surface area contributed by atoms with Crippen molar-refractivity contribution in [3.8, 4) is 0 Å². The number of ether oxygens (including phenoxy) is 1. The zero-order valence-corrected chi connectivity index (χ0v) is 8.42. The molecule has 0 aromatic heterocycles. The fourth-order valence-electron chi connectivity index (χ4n) is 1.80. The third-order valence-electron chi connectivity index (χ3n) is 2.89. The maximum absolute atomic E-state index is 11.5. The van der Waals surface area contributed by atoms with Crippen molar-refractivity contribution in [1.29, 1.82) is 0 Å². The number of carbonyl (C=O) groups excluding carboxylic acids is 1. The Labute approximate surface area is 84.4 Å². The number of rotatable bonds is 3. The molecule has 2 N–H and O–H groups in total. The van der Waals surface area contributed by atoms with Gasteiger partial charge in [-0.1, -0.05) is 0 Å². The van der Waals surface area contributed by atoms with Crippen LogP contribution >= 0.6 is 0 Å². The molecule has 1 saturated heterocycles. The lowest BCUT2D eigenvalue weighted by Crippen LogP contribution is -2.44. The van der Waals surface area contributed by atoms with Gasteiger partial charge in [0.15, 0.2) is 0 Å². The summed E-state index contributed by atoms with van der Waals surface area (Å²) < 4.78 is 5.46. The third kappa shape index (κ3) is 2.69. The Kier molecular flexibility index (Phi) is 3.37. The molecule has 2 fully saturated rings. The van der Waals surface area contributed by atoms with E-state index in [1.54, 1.807) is 0 Å². The molecule has 2 rings (SSSR count). The van der Waals surface area contributed by atoms with Gasteiger partial charge in [-0.2, -0.15) is 0 Å². The van der Waals surface area contributed by atoms with Gasteiger partial charge in [0.05, 0.1) is 19.1 Å². The van der Waals surface area contributed by atoms with E-state index in [9.17, 15) is 4.79 Å². The highest BCUT2D eigenvalue weighted by Crippen LogP contribution is 2.18.